The van der Waals surface area contributed by atoms with Gasteiger partial charge in [0.05, 0.1) is 11.7 Å². The maximum Gasteiger partial charge on any atom is 0.162 e. The van der Waals surface area contributed by atoms with Crippen molar-refractivity contribution in [2.75, 3.05) is 0 Å². The summed E-state index contributed by atoms with van der Waals surface area (Å²) in [6.45, 7) is 1.38. The topological polar surface area (TPSA) is 26.3 Å². The van der Waals surface area contributed by atoms with Gasteiger partial charge in [-0.25, -0.2) is 4.39 Å². The zero-order valence-corrected chi connectivity index (χ0v) is 11.2. The van der Waals surface area contributed by atoms with Crippen LogP contribution in [0.3, 0.4) is 0 Å². The van der Waals surface area contributed by atoms with Gasteiger partial charge in [0.1, 0.15) is 11.6 Å². The molecule has 0 spiro atoms. The Kier molecular flexibility index (Phi) is 3.29. The molecule has 0 aliphatic heterocycles. The fourth-order valence-electron chi connectivity index (χ4n) is 3.58. The third-order valence-electron chi connectivity index (χ3n) is 4.46. The van der Waals surface area contributed by atoms with Gasteiger partial charge in [-0.15, -0.1) is 0 Å². The van der Waals surface area contributed by atoms with Crippen LogP contribution in [0.1, 0.15) is 49.4 Å². The van der Waals surface area contributed by atoms with Gasteiger partial charge in [-0.05, 0) is 56.2 Å². The molecule has 2 aliphatic carbocycles. The predicted octanol–water partition coefficient (Wildman–Crippen LogP) is 3.99. The molecule has 1 aromatic carbocycles. The van der Waals surface area contributed by atoms with Gasteiger partial charge in [0.2, 0.25) is 0 Å². The number of carbonyl (C=O) groups is 1. The van der Waals surface area contributed by atoms with E-state index >= 15 is 0 Å². The van der Waals surface area contributed by atoms with Crippen molar-refractivity contribution in [2.45, 2.75) is 45.1 Å². The van der Waals surface area contributed by atoms with Gasteiger partial charge < -0.3 is 4.74 Å². The number of benzene rings is 1. The zero-order valence-electron chi connectivity index (χ0n) is 11.2. The minimum absolute atomic E-state index is 0.122. The molecule has 2 saturated carbocycles. The summed E-state index contributed by atoms with van der Waals surface area (Å²) in [5.74, 6) is 1.50. The van der Waals surface area contributed by atoms with Crippen LogP contribution in [-0.2, 0) is 0 Å². The first kappa shape index (κ1) is 12.6. The second-order valence-electron chi connectivity index (χ2n) is 5.95. The van der Waals surface area contributed by atoms with Crippen LogP contribution in [0.5, 0.6) is 5.75 Å². The highest BCUT2D eigenvalue weighted by Crippen LogP contribution is 2.43. The van der Waals surface area contributed by atoms with Crippen molar-refractivity contribution in [2.24, 2.45) is 11.8 Å². The molecule has 1 aromatic rings. The fourth-order valence-corrected chi connectivity index (χ4v) is 3.58. The lowest BCUT2D eigenvalue weighted by Crippen LogP contribution is -2.26. The first-order chi connectivity index (χ1) is 9.11. The summed E-state index contributed by atoms with van der Waals surface area (Å²) >= 11 is 0. The van der Waals surface area contributed by atoms with Crippen LogP contribution in [-0.4, -0.2) is 11.9 Å². The van der Waals surface area contributed by atoms with Crippen molar-refractivity contribution in [3.05, 3.63) is 29.6 Å². The number of halogens is 1. The Hall–Kier alpha value is -1.38. The zero-order chi connectivity index (χ0) is 13.4. The van der Waals surface area contributed by atoms with Gasteiger partial charge in [-0.2, -0.15) is 0 Å². The SMILES string of the molecule is CC(=O)c1cc(OC2C[C@H]3CC[C@@H](C2)C3)ccc1F. The Morgan fingerprint density at radius 2 is 1.89 bits per heavy atom. The Bertz CT molecular complexity index is 486. The normalized spacial score (nSPS) is 29.3. The number of Topliss-reactive ketones (excluding diaryl/α,β-unsaturated/α-hetero) is 1. The van der Waals surface area contributed by atoms with Crippen LogP contribution >= 0.6 is 0 Å². The number of hydrogen-bond donors (Lipinski definition) is 0. The molecule has 2 nitrogen and oxygen atoms in total. The van der Waals surface area contributed by atoms with Crippen LogP contribution < -0.4 is 4.74 Å². The Balaban J connectivity index is 1.73. The lowest BCUT2D eigenvalue weighted by atomic mass is 9.87. The summed E-state index contributed by atoms with van der Waals surface area (Å²) in [7, 11) is 0. The number of rotatable bonds is 3. The van der Waals surface area contributed by atoms with E-state index in [1.54, 1.807) is 6.07 Å². The molecule has 3 heteroatoms. The number of ketones is 1. The highest BCUT2D eigenvalue weighted by molar-refractivity contribution is 5.94. The maximum atomic E-state index is 13.5. The van der Waals surface area contributed by atoms with Gasteiger partial charge in [0.25, 0.3) is 0 Å². The first-order valence-corrected chi connectivity index (χ1v) is 7.09. The lowest BCUT2D eigenvalue weighted by Gasteiger charge is -2.28. The van der Waals surface area contributed by atoms with Crippen molar-refractivity contribution in [3.8, 4) is 5.75 Å². The lowest BCUT2D eigenvalue weighted by molar-refractivity contribution is 0.100. The number of carbonyl (C=O) groups excluding carboxylic acids is 1. The van der Waals surface area contributed by atoms with E-state index in [0.29, 0.717) is 5.75 Å². The second kappa shape index (κ2) is 4.95. The van der Waals surface area contributed by atoms with Crippen LogP contribution in [0, 0.1) is 17.7 Å². The quantitative estimate of drug-likeness (QED) is 0.770. The molecule has 0 N–H and O–H groups in total. The molecule has 0 aromatic heterocycles. The molecule has 2 aliphatic rings. The van der Waals surface area contributed by atoms with E-state index < -0.39 is 5.82 Å². The molecule has 2 fully saturated rings. The molecular formula is C16H19FO2. The van der Waals surface area contributed by atoms with E-state index in [9.17, 15) is 9.18 Å². The van der Waals surface area contributed by atoms with Crippen molar-refractivity contribution in [1.29, 1.82) is 0 Å². The molecular weight excluding hydrogens is 243 g/mol. The minimum Gasteiger partial charge on any atom is -0.490 e. The summed E-state index contributed by atoms with van der Waals surface area (Å²) in [5.41, 5.74) is 0.122. The number of fused-ring (bicyclic) bond motifs is 2. The van der Waals surface area contributed by atoms with E-state index in [1.165, 1.54) is 38.3 Å². The van der Waals surface area contributed by atoms with E-state index in [0.717, 1.165) is 24.7 Å². The van der Waals surface area contributed by atoms with Gasteiger partial charge in [0, 0.05) is 0 Å². The van der Waals surface area contributed by atoms with Gasteiger partial charge in [-0.1, -0.05) is 12.8 Å². The van der Waals surface area contributed by atoms with Crippen LogP contribution in [0.25, 0.3) is 0 Å². The van der Waals surface area contributed by atoms with E-state index in [2.05, 4.69) is 0 Å². The van der Waals surface area contributed by atoms with Gasteiger partial charge >= 0.3 is 0 Å². The van der Waals surface area contributed by atoms with Gasteiger partial charge in [-0.3, -0.25) is 4.79 Å². The van der Waals surface area contributed by atoms with Crippen LogP contribution in [0.4, 0.5) is 4.39 Å². The third kappa shape index (κ3) is 2.65. The predicted molar refractivity (Wildman–Crippen MR) is 70.9 cm³/mol. The first-order valence-electron chi connectivity index (χ1n) is 7.09. The van der Waals surface area contributed by atoms with Crippen LogP contribution in [0.15, 0.2) is 18.2 Å². The summed E-state index contributed by atoms with van der Waals surface area (Å²) in [6, 6.07) is 4.48. The summed E-state index contributed by atoms with van der Waals surface area (Å²) in [4.78, 5) is 11.3. The van der Waals surface area contributed by atoms with Crippen molar-refractivity contribution >= 4 is 5.78 Å². The highest BCUT2D eigenvalue weighted by Gasteiger charge is 2.35. The summed E-state index contributed by atoms with van der Waals surface area (Å²) in [6.07, 6.45) is 6.44. The average Bonchev–Trinajstić information content (AvgIpc) is 2.71. The molecule has 19 heavy (non-hydrogen) atoms. The van der Waals surface area contributed by atoms with Crippen molar-refractivity contribution < 1.29 is 13.9 Å². The molecule has 3 atom stereocenters. The second-order valence-corrected chi connectivity index (χ2v) is 5.95. The Morgan fingerprint density at radius 1 is 1.21 bits per heavy atom. The molecule has 0 saturated heterocycles. The minimum atomic E-state index is -0.469. The molecule has 1 unspecified atom stereocenters. The largest absolute Gasteiger partial charge is 0.490 e. The molecule has 0 radical (unpaired) electrons. The standard InChI is InChI=1S/C16H19FO2/c1-10(18)15-9-13(4-5-16(15)17)19-14-7-11-2-3-12(6-11)8-14/h4-5,9,11-12,14H,2-3,6-8H2,1H3/t11-,12+,14?. The Morgan fingerprint density at radius 3 is 2.53 bits per heavy atom. The van der Waals surface area contributed by atoms with Gasteiger partial charge in [0.15, 0.2) is 5.78 Å². The molecule has 102 valence electrons. The monoisotopic (exact) mass is 262 g/mol. The summed E-state index contributed by atoms with van der Waals surface area (Å²) in [5, 5.41) is 0. The van der Waals surface area contributed by atoms with Crippen molar-refractivity contribution in [1.82, 2.24) is 0 Å². The third-order valence-corrected chi connectivity index (χ3v) is 4.46. The van der Waals surface area contributed by atoms with E-state index in [-0.39, 0.29) is 17.5 Å². The maximum absolute atomic E-state index is 13.5. The average molecular weight is 262 g/mol. The smallest absolute Gasteiger partial charge is 0.162 e. The molecule has 0 heterocycles. The molecule has 3 rings (SSSR count). The molecule has 0 amide bonds. The molecule has 2 bridgehead atoms. The summed E-state index contributed by atoms with van der Waals surface area (Å²) < 4.78 is 19.4. The van der Waals surface area contributed by atoms with Crippen molar-refractivity contribution in [3.63, 3.8) is 0 Å². The number of ether oxygens (including phenoxy) is 1. The van der Waals surface area contributed by atoms with E-state index in [1.807, 2.05) is 0 Å². The van der Waals surface area contributed by atoms with E-state index in [4.69, 9.17) is 4.74 Å². The van der Waals surface area contributed by atoms with Crippen LogP contribution in [0.2, 0.25) is 0 Å². The highest BCUT2D eigenvalue weighted by atomic mass is 19.1. The fraction of sp³-hybridized carbons (Fsp3) is 0.562. The Labute approximate surface area is 113 Å². The number of hydrogen-bond acceptors (Lipinski definition) is 2.